The smallest absolute Gasteiger partial charge is 0.303 e. The van der Waals surface area contributed by atoms with E-state index in [-0.39, 0.29) is 35.6 Å². The highest BCUT2D eigenvalue weighted by Gasteiger charge is 2.98. The van der Waals surface area contributed by atoms with Gasteiger partial charge in [-0.2, -0.15) is 5.26 Å². The van der Waals surface area contributed by atoms with Crippen LogP contribution < -0.4 is 0 Å². The van der Waals surface area contributed by atoms with E-state index >= 15 is 0 Å². The van der Waals surface area contributed by atoms with Gasteiger partial charge in [0.25, 0.3) is 0 Å². The van der Waals surface area contributed by atoms with Gasteiger partial charge in [0, 0.05) is 18.8 Å². The first kappa shape index (κ1) is 7.24. The number of esters is 1. The summed E-state index contributed by atoms with van der Waals surface area (Å²) in [6.45, 7) is 1.41. The van der Waals surface area contributed by atoms with Crippen molar-refractivity contribution in [2.75, 3.05) is 0 Å². The molecule has 0 amide bonds. The van der Waals surface area contributed by atoms with Gasteiger partial charge in [-0.05, 0) is 5.92 Å². The Balaban J connectivity index is 1.64. The number of rotatable bonds is 1. The van der Waals surface area contributed by atoms with E-state index in [9.17, 15) is 4.79 Å². The third-order valence-corrected chi connectivity index (χ3v) is 4.30. The molecule has 1 saturated heterocycles. The van der Waals surface area contributed by atoms with Crippen LogP contribution >= 0.6 is 0 Å². The van der Waals surface area contributed by atoms with Gasteiger partial charge in [0.15, 0.2) is 0 Å². The average Bonchev–Trinajstić information content (AvgIpc) is 2.99. The molecule has 72 valence electrons. The molecule has 14 heavy (non-hydrogen) atoms. The second kappa shape index (κ2) is 1.70. The highest BCUT2D eigenvalue weighted by Crippen LogP contribution is 2.91. The van der Waals surface area contributed by atoms with E-state index in [0.717, 1.165) is 0 Å². The first-order chi connectivity index (χ1) is 6.71. The number of ether oxygens (including phenoxy) is 2. The van der Waals surface area contributed by atoms with Crippen molar-refractivity contribution in [2.45, 2.75) is 25.2 Å². The van der Waals surface area contributed by atoms with Crippen molar-refractivity contribution in [3.8, 4) is 6.07 Å². The summed E-state index contributed by atoms with van der Waals surface area (Å²) < 4.78 is 10.7. The van der Waals surface area contributed by atoms with Gasteiger partial charge >= 0.3 is 5.97 Å². The molecule has 4 saturated carbocycles. The lowest BCUT2D eigenvalue weighted by Crippen LogP contribution is -2.39. The quantitative estimate of drug-likeness (QED) is 0.435. The van der Waals surface area contributed by atoms with E-state index in [4.69, 9.17) is 14.7 Å². The molecule has 7 atom stereocenters. The maximum Gasteiger partial charge on any atom is 0.303 e. The minimum atomic E-state index is -0.262. The fourth-order valence-corrected chi connectivity index (χ4v) is 3.66. The van der Waals surface area contributed by atoms with Gasteiger partial charge in [-0.3, -0.25) is 4.79 Å². The minimum Gasteiger partial charge on any atom is -0.459 e. The van der Waals surface area contributed by atoms with Crippen LogP contribution in [0.1, 0.15) is 6.92 Å². The van der Waals surface area contributed by atoms with Crippen LogP contribution in [0.5, 0.6) is 0 Å². The molecule has 0 aromatic carbocycles. The number of hydrogen-bond acceptors (Lipinski definition) is 4. The van der Waals surface area contributed by atoms with Crippen molar-refractivity contribution in [3.05, 3.63) is 0 Å². The topological polar surface area (TPSA) is 62.6 Å². The van der Waals surface area contributed by atoms with Crippen molar-refractivity contribution in [1.82, 2.24) is 0 Å². The zero-order valence-corrected chi connectivity index (χ0v) is 7.64. The second-order valence-corrected chi connectivity index (χ2v) is 4.76. The molecule has 0 aromatic rings. The maximum atomic E-state index is 10.9. The van der Waals surface area contributed by atoms with Crippen molar-refractivity contribution in [1.29, 1.82) is 5.26 Å². The number of nitriles is 1. The summed E-state index contributed by atoms with van der Waals surface area (Å²) in [7, 11) is 0. The fourth-order valence-electron chi connectivity index (χ4n) is 3.66. The Hall–Kier alpha value is -1.08. The van der Waals surface area contributed by atoms with Crippen molar-refractivity contribution in [2.24, 2.45) is 23.2 Å². The van der Waals surface area contributed by atoms with E-state index in [1.54, 1.807) is 0 Å². The summed E-state index contributed by atoms with van der Waals surface area (Å²) in [5, 5.41) is 9.05. The molecule has 4 heteroatoms. The van der Waals surface area contributed by atoms with Crippen LogP contribution in [-0.4, -0.2) is 24.3 Å². The van der Waals surface area contributed by atoms with Crippen LogP contribution in [0, 0.1) is 34.5 Å². The molecular formula is C10H9NO3. The van der Waals surface area contributed by atoms with Crippen LogP contribution in [-0.2, 0) is 14.3 Å². The highest BCUT2D eigenvalue weighted by molar-refractivity contribution is 5.67. The molecule has 5 aliphatic rings. The number of hydrogen-bond donors (Lipinski definition) is 0. The predicted molar refractivity (Wildman–Crippen MR) is 42.7 cm³/mol. The van der Waals surface area contributed by atoms with Crippen molar-refractivity contribution in [3.63, 3.8) is 0 Å². The molecule has 0 spiro atoms. The molecule has 5 fully saturated rings. The van der Waals surface area contributed by atoms with Crippen LogP contribution in [0.4, 0.5) is 0 Å². The predicted octanol–water partition coefficient (Wildman–Crippen LogP) is 0.0849. The van der Waals surface area contributed by atoms with Gasteiger partial charge in [-0.15, -0.1) is 0 Å². The highest BCUT2D eigenvalue weighted by atomic mass is 16.6. The minimum absolute atomic E-state index is 0.106. The van der Waals surface area contributed by atoms with Crippen molar-refractivity contribution < 1.29 is 14.3 Å². The zero-order chi connectivity index (χ0) is 9.66. The van der Waals surface area contributed by atoms with Gasteiger partial charge in [-0.25, -0.2) is 0 Å². The van der Waals surface area contributed by atoms with E-state index < -0.39 is 0 Å². The monoisotopic (exact) mass is 191 g/mol. The van der Waals surface area contributed by atoms with E-state index in [0.29, 0.717) is 11.8 Å². The third kappa shape index (κ3) is 0.510. The summed E-state index contributed by atoms with van der Waals surface area (Å²) in [5.74, 6) is 0.960. The Morgan fingerprint density at radius 1 is 1.43 bits per heavy atom. The number of carbonyl (C=O) groups excluding carboxylic acids is 1. The first-order valence-electron chi connectivity index (χ1n) is 4.95. The molecule has 1 heterocycles. The average molecular weight is 191 g/mol. The summed E-state index contributed by atoms with van der Waals surface area (Å²) in [6.07, 6.45) is 0.190. The van der Waals surface area contributed by atoms with Crippen LogP contribution in [0.2, 0.25) is 0 Å². The Bertz CT molecular complexity index is 401. The van der Waals surface area contributed by atoms with E-state index in [1.807, 2.05) is 0 Å². The van der Waals surface area contributed by atoms with E-state index in [2.05, 4.69) is 6.07 Å². The van der Waals surface area contributed by atoms with E-state index in [1.165, 1.54) is 6.92 Å². The number of nitrogens with zero attached hydrogens (tertiary/aromatic N) is 1. The second-order valence-electron chi connectivity index (χ2n) is 4.76. The molecule has 4 aliphatic carbocycles. The maximum absolute atomic E-state index is 10.9. The van der Waals surface area contributed by atoms with Crippen LogP contribution in [0.25, 0.3) is 0 Å². The van der Waals surface area contributed by atoms with Crippen molar-refractivity contribution >= 4 is 5.97 Å². The lowest BCUT2D eigenvalue weighted by atomic mass is 9.81. The summed E-state index contributed by atoms with van der Waals surface area (Å²) in [5.41, 5.74) is -0.155. The van der Waals surface area contributed by atoms with Crippen LogP contribution in [0.15, 0.2) is 0 Å². The number of carbonyl (C=O) groups is 1. The summed E-state index contributed by atoms with van der Waals surface area (Å²) >= 11 is 0. The summed E-state index contributed by atoms with van der Waals surface area (Å²) in [4.78, 5) is 10.9. The largest absolute Gasteiger partial charge is 0.459 e. The van der Waals surface area contributed by atoms with Gasteiger partial charge in [-0.1, -0.05) is 0 Å². The van der Waals surface area contributed by atoms with Gasteiger partial charge < -0.3 is 9.47 Å². The molecule has 0 unspecified atom stereocenters. The molecule has 0 radical (unpaired) electrons. The normalized spacial score (nSPS) is 64.3. The number of epoxide rings is 1. The Labute approximate surface area is 80.8 Å². The fraction of sp³-hybridized carbons (Fsp3) is 0.800. The van der Waals surface area contributed by atoms with Crippen LogP contribution in [0.3, 0.4) is 0 Å². The lowest BCUT2D eigenvalue weighted by Gasteiger charge is -2.26. The summed E-state index contributed by atoms with van der Waals surface area (Å²) in [6, 6.07) is 2.38. The third-order valence-electron chi connectivity index (χ3n) is 4.30. The lowest BCUT2D eigenvalue weighted by molar-refractivity contribution is -0.150. The first-order valence-corrected chi connectivity index (χ1v) is 4.95. The molecule has 4 nitrogen and oxygen atoms in total. The zero-order valence-electron chi connectivity index (χ0n) is 7.64. The molecule has 0 N–H and O–H groups in total. The SMILES string of the molecule is CC(=O)O[C@H]1[C@H]2O[C@H]2[C@H]2[C@H]3[C@@H]1[C@]32C#N. The van der Waals surface area contributed by atoms with Gasteiger partial charge in [0.2, 0.25) is 0 Å². The molecule has 5 rings (SSSR count). The molecule has 1 aliphatic heterocycles. The molecule has 2 bridgehead atoms. The van der Waals surface area contributed by atoms with Gasteiger partial charge in [0.1, 0.15) is 12.2 Å². The van der Waals surface area contributed by atoms with Gasteiger partial charge in [0.05, 0.1) is 17.6 Å². The Morgan fingerprint density at radius 3 is 2.79 bits per heavy atom. The standard InChI is InChI=1S/C10H9NO3/c1-3(12)13-7-5-4-6(8-9(7)14-8)10(4,5)2-11/h4-9H,1H3/t4-,5+,6-,7-,8+,9-,10+/m1/s1. The Kier molecular flexibility index (Phi) is 0.879. The molecular weight excluding hydrogens is 182 g/mol. The Morgan fingerprint density at radius 2 is 2.21 bits per heavy atom. The molecule has 0 aromatic heterocycles.